The van der Waals surface area contributed by atoms with Crippen molar-refractivity contribution in [2.45, 2.75) is 26.4 Å². The van der Waals surface area contributed by atoms with Gasteiger partial charge < -0.3 is 21.7 Å². The van der Waals surface area contributed by atoms with Crippen LogP contribution in [-0.2, 0) is 11.3 Å². The second-order valence-corrected chi connectivity index (χ2v) is 5.88. The first-order valence-corrected chi connectivity index (χ1v) is 8.06. The van der Waals surface area contributed by atoms with E-state index >= 15 is 0 Å². The predicted molar refractivity (Wildman–Crippen MR) is 98.0 cm³/mol. The molecule has 1 heterocycles. The van der Waals surface area contributed by atoms with Crippen LogP contribution in [0.15, 0.2) is 48.8 Å². The molecule has 0 fully saturated rings. The van der Waals surface area contributed by atoms with E-state index in [0.717, 1.165) is 5.56 Å². The number of carbonyl (C=O) groups excluding carboxylic acids is 2. The number of amides is 3. The van der Waals surface area contributed by atoms with Gasteiger partial charge in [0.05, 0.1) is 5.92 Å². The van der Waals surface area contributed by atoms with Crippen molar-refractivity contribution in [1.29, 1.82) is 0 Å². The summed E-state index contributed by atoms with van der Waals surface area (Å²) in [7, 11) is 0. The van der Waals surface area contributed by atoms with Gasteiger partial charge >= 0.3 is 6.03 Å². The minimum absolute atomic E-state index is 0.158. The van der Waals surface area contributed by atoms with Gasteiger partial charge in [-0.1, -0.05) is 13.0 Å². The van der Waals surface area contributed by atoms with Crippen molar-refractivity contribution in [3.8, 4) is 0 Å². The highest BCUT2D eigenvalue weighted by atomic mass is 16.2. The van der Waals surface area contributed by atoms with E-state index < -0.39 is 0 Å². The molecule has 0 saturated carbocycles. The molecule has 3 amide bonds. The Morgan fingerprint density at radius 1 is 1.08 bits per heavy atom. The van der Waals surface area contributed by atoms with Crippen LogP contribution in [0.1, 0.15) is 19.4 Å². The molecule has 0 aliphatic rings. The van der Waals surface area contributed by atoms with Crippen molar-refractivity contribution in [2.75, 3.05) is 10.6 Å². The maximum atomic E-state index is 12.1. The first kappa shape index (κ1) is 18.4. The minimum Gasteiger partial charge on any atom is -0.334 e. The highest BCUT2D eigenvalue weighted by Crippen LogP contribution is 2.16. The number of urea groups is 1. The van der Waals surface area contributed by atoms with E-state index in [-0.39, 0.29) is 23.9 Å². The number of hydrogen-bond acceptors (Lipinski definition) is 4. The summed E-state index contributed by atoms with van der Waals surface area (Å²) in [5.74, 6) is -0.463. The maximum Gasteiger partial charge on any atom is 0.319 e. The largest absolute Gasteiger partial charge is 0.334 e. The van der Waals surface area contributed by atoms with Gasteiger partial charge in [-0.05, 0) is 42.8 Å². The molecule has 2 rings (SSSR count). The first-order chi connectivity index (χ1) is 12.0. The molecule has 2 atom stereocenters. The Balaban J connectivity index is 1.90. The summed E-state index contributed by atoms with van der Waals surface area (Å²) in [6.07, 6.45) is 3.34. The van der Waals surface area contributed by atoms with Crippen LogP contribution in [-0.4, -0.2) is 23.0 Å². The number of hydrogen-bond donors (Lipinski definition) is 4. The van der Waals surface area contributed by atoms with Crippen molar-refractivity contribution in [2.24, 2.45) is 11.7 Å². The molecule has 1 aromatic carbocycles. The molecule has 0 bridgehead atoms. The number of nitrogens with one attached hydrogen (secondary N) is 3. The van der Waals surface area contributed by atoms with Gasteiger partial charge in [0.25, 0.3) is 0 Å². The van der Waals surface area contributed by atoms with Crippen LogP contribution in [0.25, 0.3) is 0 Å². The summed E-state index contributed by atoms with van der Waals surface area (Å²) in [5.41, 5.74) is 7.88. The molecule has 5 N–H and O–H groups in total. The van der Waals surface area contributed by atoms with Crippen LogP contribution in [0, 0.1) is 5.92 Å². The Morgan fingerprint density at radius 2 is 1.72 bits per heavy atom. The van der Waals surface area contributed by atoms with Gasteiger partial charge in [0, 0.05) is 36.4 Å². The van der Waals surface area contributed by atoms with Gasteiger partial charge in [-0.3, -0.25) is 9.78 Å². The standard InChI is InChI=1S/C18H23N5O2/c1-12(13(2)19)17(24)22-15-4-3-5-16(10-15)23-18(25)21-11-14-6-8-20-9-7-14/h3-10,12-13H,11,19H2,1-2H3,(H,22,24)(H2,21,23,25). The average Bonchev–Trinajstić information content (AvgIpc) is 2.60. The lowest BCUT2D eigenvalue weighted by Crippen LogP contribution is -2.34. The third kappa shape index (κ3) is 5.89. The third-order valence-corrected chi connectivity index (χ3v) is 3.79. The van der Waals surface area contributed by atoms with E-state index in [1.54, 1.807) is 50.5 Å². The molecule has 0 aliphatic carbocycles. The molecule has 25 heavy (non-hydrogen) atoms. The molecule has 1 aromatic heterocycles. The minimum atomic E-state index is -0.329. The smallest absolute Gasteiger partial charge is 0.319 e. The Morgan fingerprint density at radius 3 is 2.36 bits per heavy atom. The second-order valence-electron chi connectivity index (χ2n) is 5.88. The van der Waals surface area contributed by atoms with E-state index in [4.69, 9.17) is 5.73 Å². The Hall–Kier alpha value is -2.93. The molecule has 0 saturated heterocycles. The summed E-state index contributed by atoms with van der Waals surface area (Å²) >= 11 is 0. The van der Waals surface area contributed by atoms with Crippen molar-refractivity contribution in [3.05, 3.63) is 54.4 Å². The lowest BCUT2D eigenvalue weighted by molar-refractivity contribution is -0.119. The number of anilines is 2. The molecule has 2 aromatic rings. The van der Waals surface area contributed by atoms with E-state index in [1.807, 2.05) is 12.1 Å². The fourth-order valence-corrected chi connectivity index (χ4v) is 2.03. The summed E-state index contributed by atoms with van der Waals surface area (Å²) in [6.45, 7) is 3.96. The van der Waals surface area contributed by atoms with Gasteiger partial charge in [0.2, 0.25) is 5.91 Å². The number of aromatic nitrogens is 1. The maximum absolute atomic E-state index is 12.1. The Kier molecular flexibility index (Phi) is 6.47. The topological polar surface area (TPSA) is 109 Å². The third-order valence-electron chi connectivity index (χ3n) is 3.79. The molecule has 132 valence electrons. The van der Waals surface area contributed by atoms with Crippen molar-refractivity contribution in [1.82, 2.24) is 10.3 Å². The lowest BCUT2D eigenvalue weighted by Gasteiger charge is -2.16. The summed E-state index contributed by atoms with van der Waals surface area (Å²) in [6, 6.07) is 10.0. The Labute approximate surface area is 147 Å². The highest BCUT2D eigenvalue weighted by molar-refractivity contribution is 5.94. The van der Waals surface area contributed by atoms with Gasteiger partial charge in [-0.25, -0.2) is 4.79 Å². The number of pyridine rings is 1. The van der Waals surface area contributed by atoms with E-state index in [1.165, 1.54) is 0 Å². The quantitative estimate of drug-likeness (QED) is 0.646. The summed E-state index contributed by atoms with van der Waals surface area (Å²) < 4.78 is 0. The number of rotatable bonds is 6. The van der Waals surface area contributed by atoms with Crippen LogP contribution in [0.3, 0.4) is 0 Å². The van der Waals surface area contributed by atoms with Gasteiger partial charge in [0.15, 0.2) is 0 Å². The van der Waals surface area contributed by atoms with Crippen molar-refractivity contribution >= 4 is 23.3 Å². The molecule has 0 spiro atoms. The van der Waals surface area contributed by atoms with E-state index in [0.29, 0.717) is 17.9 Å². The number of carbonyl (C=O) groups is 2. The molecule has 7 heteroatoms. The zero-order valence-corrected chi connectivity index (χ0v) is 14.3. The zero-order valence-electron chi connectivity index (χ0n) is 14.3. The fraction of sp³-hybridized carbons (Fsp3) is 0.278. The average molecular weight is 341 g/mol. The molecule has 0 radical (unpaired) electrons. The lowest BCUT2D eigenvalue weighted by atomic mass is 10.0. The highest BCUT2D eigenvalue weighted by Gasteiger charge is 2.17. The van der Waals surface area contributed by atoms with Crippen LogP contribution in [0.5, 0.6) is 0 Å². The number of nitrogens with two attached hydrogens (primary N) is 1. The SMILES string of the molecule is CC(N)C(C)C(=O)Nc1cccc(NC(=O)NCc2ccncc2)c1. The van der Waals surface area contributed by atoms with Gasteiger partial charge in [-0.15, -0.1) is 0 Å². The molecule has 7 nitrogen and oxygen atoms in total. The van der Waals surface area contributed by atoms with Crippen molar-refractivity contribution < 1.29 is 9.59 Å². The summed E-state index contributed by atoms with van der Waals surface area (Å²) in [4.78, 5) is 28.0. The monoisotopic (exact) mass is 341 g/mol. The normalized spacial score (nSPS) is 12.8. The molecule has 0 aliphatic heterocycles. The van der Waals surface area contributed by atoms with Gasteiger partial charge in [-0.2, -0.15) is 0 Å². The van der Waals surface area contributed by atoms with E-state index in [9.17, 15) is 9.59 Å². The molecule has 2 unspecified atom stereocenters. The first-order valence-electron chi connectivity index (χ1n) is 8.06. The van der Waals surface area contributed by atoms with E-state index in [2.05, 4.69) is 20.9 Å². The number of benzene rings is 1. The summed E-state index contributed by atoms with van der Waals surface area (Å²) in [5, 5.41) is 8.29. The van der Waals surface area contributed by atoms with Crippen LogP contribution in [0.2, 0.25) is 0 Å². The van der Waals surface area contributed by atoms with Crippen LogP contribution < -0.4 is 21.7 Å². The predicted octanol–water partition coefficient (Wildman–Crippen LogP) is 2.33. The fourth-order valence-electron chi connectivity index (χ4n) is 2.03. The van der Waals surface area contributed by atoms with Crippen molar-refractivity contribution in [3.63, 3.8) is 0 Å². The Bertz CT molecular complexity index is 718. The number of nitrogens with zero attached hydrogens (tertiary/aromatic N) is 1. The molecular weight excluding hydrogens is 318 g/mol. The second kappa shape index (κ2) is 8.79. The van der Waals surface area contributed by atoms with Gasteiger partial charge in [0.1, 0.15) is 0 Å². The zero-order chi connectivity index (χ0) is 18.2. The molecular formula is C18H23N5O2. The van der Waals surface area contributed by atoms with Crippen LogP contribution >= 0.6 is 0 Å². The van der Waals surface area contributed by atoms with Crippen LogP contribution in [0.4, 0.5) is 16.2 Å².